The third-order valence-electron chi connectivity index (χ3n) is 2.53. The van der Waals surface area contributed by atoms with Crippen LogP contribution in [0.1, 0.15) is 25.2 Å². The molecule has 2 unspecified atom stereocenters. The van der Waals surface area contributed by atoms with Crippen LogP contribution < -0.4 is 16.4 Å². The van der Waals surface area contributed by atoms with Gasteiger partial charge >= 0.3 is 6.03 Å². The molecule has 1 aromatic rings. The van der Waals surface area contributed by atoms with Crippen LogP contribution in [0.25, 0.3) is 0 Å². The highest BCUT2D eigenvalue weighted by Gasteiger charge is 2.21. The normalized spacial score (nSPS) is 13.6. The summed E-state index contributed by atoms with van der Waals surface area (Å²) >= 11 is 1.60. The van der Waals surface area contributed by atoms with Crippen LogP contribution in [0.5, 0.6) is 0 Å². The molecule has 1 aromatic heterocycles. The quantitative estimate of drug-likeness (QED) is 0.580. The first-order valence-electron chi connectivity index (χ1n) is 5.89. The zero-order valence-corrected chi connectivity index (χ0v) is 11.8. The lowest BCUT2D eigenvalue weighted by Gasteiger charge is -2.19. The van der Waals surface area contributed by atoms with Gasteiger partial charge in [0.1, 0.15) is 11.9 Å². The van der Waals surface area contributed by atoms with Crippen LogP contribution >= 0.6 is 11.8 Å². The number of nitrogens with one attached hydrogen (secondary N) is 3. The fourth-order valence-electron chi connectivity index (χ4n) is 1.57. The average Bonchev–Trinajstić information content (AvgIpc) is 2.87. The molecule has 0 saturated carbocycles. The number of urea groups is 1. The predicted molar refractivity (Wildman–Crippen MR) is 74.7 cm³/mol. The molecule has 0 aliphatic heterocycles. The molecule has 0 aliphatic rings. The smallest absolute Gasteiger partial charge is 0.312 e. The van der Waals surface area contributed by atoms with Gasteiger partial charge in [0, 0.05) is 12.4 Å². The first kappa shape index (κ1) is 15.4. The molecule has 1 rings (SSSR count). The summed E-state index contributed by atoms with van der Waals surface area (Å²) in [5.41, 5.74) is 5.07. The fraction of sp³-hybridized carbons (Fsp3) is 0.545. The first-order valence-corrected chi connectivity index (χ1v) is 7.28. The number of carbonyl (C=O) groups excluding carboxylic acids is 2. The van der Waals surface area contributed by atoms with Crippen molar-refractivity contribution < 1.29 is 9.59 Å². The van der Waals surface area contributed by atoms with Crippen LogP contribution in [0.3, 0.4) is 0 Å². The number of hydrogen-bond donors (Lipinski definition) is 4. The Morgan fingerprint density at radius 2 is 2.26 bits per heavy atom. The summed E-state index contributed by atoms with van der Waals surface area (Å²) in [6, 6.07) is -1.58. The van der Waals surface area contributed by atoms with Crippen LogP contribution in [0.15, 0.2) is 12.4 Å². The number of aromatic nitrogens is 2. The van der Waals surface area contributed by atoms with Crippen molar-refractivity contribution in [2.24, 2.45) is 5.73 Å². The summed E-state index contributed by atoms with van der Waals surface area (Å²) in [5, 5.41) is 5.23. The lowest BCUT2D eigenvalue weighted by molar-refractivity contribution is -0.123. The number of aromatic amines is 1. The van der Waals surface area contributed by atoms with Gasteiger partial charge in [-0.3, -0.25) is 4.79 Å². The number of carbonyl (C=O) groups is 2. The summed E-state index contributed by atoms with van der Waals surface area (Å²) in [7, 11) is 0. The Balaban J connectivity index is 2.57. The standard InChI is InChI=1S/C11H19N5O2S/c1-7(9-13-4-5-14-9)15-10(17)8(3-6-19-2)16-11(12)18/h4-5,7-8H,3,6H2,1-2H3,(H,13,14)(H,15,17)(H3,12,16,18). The van der Waals surface area contributed by atoms with E-state index in [2.05, 4.69) is 20.6 Å². The fourth-order valence-corrected chi connectivity index (χ4v) is 2.04. The summed E-state index contributed by atoms with van der Waals surface area (Å²) in [6.07, 6.45) is 5.77. The van der Waals surface area contributed by atoms with Gasteiger partial charge in [-0.05, 0) is 25.4 Å². The van der Waals surface area contributed by atoms with E-state index in [9.17, 15) is 9.59 Å². The van der Waals surface area contributed by atoms with Gasteiger partial charge in [-0.2, -0.15) is 11.8 Å². The molecular weight excluding hydrogens is 266 g/mol. The molecule has 1 heterocycles. The summed E-state index contributed by atoms with van der Waals surface area (Å²) < 4.78 is 0. The lowest BCUT2D eigenvalue weighted by atomic mass is 10.2. The Bertz CT molecular complexity index is 409. The zero-order valence-electron chi connectivity index (χ0n) is 11.0. The van der Waals surface area contributed by atoms with Gasteiger partial charge in [-0.15, -0.1) is 0 Å². The van der Waals surface area contributed by atoms with Crippen molar-refractivity contribution in [3.8, 4) is 0 Å². The van der Waals surface area contributed by atoms with Gasteiger partial charge in [-0.25, -0.2) is 9.78 Å². The molecule has 0 saturated heterocycles. The van der Waals surface area contributed by atoms with Crippen LogP contribution in [-0.2, 0) is 4.79 Å². The third-order valence-corrected chi connectivity index (χ3v) is 3.18. The van der Waals surface area contributed by atoms with Gasteiger partial charge in [0.05, 0.1) is 6.04 Å². The van der Waals surface area contributed by atoms with E-state index in [0.29, 0.717) is 12.2 Å². The van der Waals surface area contributed by atoms with Crippen LogP contribution in [0.2, 0.25) is 0 Å². The molecule has 7 nitrogen and oxygen atoms in total. The number of nitrogens with two attached hydrogens (primary N) is 1. The Hall–Kier alpha value is -1.70. The second-order valence-electron chi connectivity index (χ2n) is 4.05. The minimum atomic E-state index is -0.702. The van der Waals surface area contributed by atoms with Gasteiger partial charge < -0.3 is 21.4 Å². The highest BCUT2D eigenvalue weighted by Crippen LogP contribution is 2.07. The molecule has 5 N–H and O–H groups in total. The van der Waals surface area contributed by atoms with Crippen molar-refractivity contribution in [1.29, 1.82) is 0 Å². The second kappa shape index (κ2) is 7.67. The lowest BCUT2D eigenvalue weighted by Crippen LogP contribution is -2.49. The van der Waals surface area contributed by atoms with Crippen molar-refractivity contribution in [2.45, 2.75) is 25.4 Å². The van der Waals surface area contributed by atoms with Crippen molar-refractivity contribution in [3.63, 3.8) is 0 Å². The maximum absolute atomic E-state index is 12.1. The molecule has 0 aliphatic carbocycles. The number of rotatable bonds is 7. The maximum Gasteiger partial charge on any atom is 0.312 e. The Labute approximate surface area is 116 Å². The highest BCUT2D eigenvalue weighted by atomic mass is 32.2. The van der Waals surface area contributed by atoms with E-state index >= 15 is 0 Å². The van der Waals surface area contributed by atoms with E-state index in [-0.39, 0.29) is 11.9 Å². The van der Waals surface area contributed by atoms with Gasteiger partial charge in [0.2, 0.25) is 5.91 Å². The van der Waals surface area contributed by atoms with E-state index in [0.717, 1.165) is 5.75 Å². The first-order chi connectivity index (χ1) is 9.04. The predicted octanol–water partition coefficient (Wildman–Crippen LogP) is 0.377. The number of H-pyrrole nitrogens is 1. The molecule has 0 bridgehead atoms. The minimum Gasteiger partial charge on any atom is -0.352 e. The molecule has 0 aromatic carbocycles. The molecule has 106 valence electrons. The second-order valence-corrected chi connectivity index (χ2v) is 5.03. The van der Waals surface area contributed by atoms with Crippen molar-refractivity contribution >= 4 is 23.7 Å². The zero-order chi connectivity index (χ0) is 14.3. The van der Waals surface area contributed by atoms with Crippen LogP contribution in [0, 0.1) is 0 Å². The molecule has 19 heavy (non-hydrogen) atoms. The molecule has 2 atom stereocenters. The molecule has 0 radical (unpaired) electrons. The van der Waals surface area contributed by atoms with Gasteiger partial charge in [0.15, 0.2) is 0 Å². The van der Waals surface area contributed by atoms with E-state index in [1.165, 1.54) is 0 Å². The van der Waals surface area contributed by atoms with E-state index in [4.69, 9.17) is 5.73 Å². The maximum atomic E-state index is 12.1. The van der Waals surface area contributed by atoms with E-state index in [1.807, 2.05) is 13.2 Å². The topological polar surface area (TPSA) is 113 Å². The van der Waals surface area contributed by atoms with Crippen molar-refractivity contribution in [2.75, 3.05) is 12.0 Å². The van der Waals surface area contributed by atoms with Crippen molar-refractivity contribution in [1.82, 2.24) is 20.6 Å². The number of primary amides is 1. The van der Waals surface area contributed by atoms with Crippen LogP contribution in [0.4, 0.5) is 4.79 Å². The molecule has 0 spiro atoms. The number of amides is 3. The monoisotopic (exact) mass is 285 g/mol. The molecule has 3 amide bonds. The molecular formula is C11H19N5O2S. The van der Waals surface area contributed by atoms with Crippen LogP contribution in [-0.4, -0.2) is 40.0 Å². The third kappa shape index (κ3) is 5.21. The summed E-state index contributed by atoms with van der Waals surface area (Å²) in [4.78, 5) is 29.9. The molecule has 8 heteroatoms. The van der Waals surface area contributed by atoms with Gasteiger partial charge in [-0.1, -0.05) is 0 Å². The van der Waals surface area contributed by atoms with E-state index < -0.39 is 12.1 Å². The van der Waals surface area contributed by atoms with Gasteiger partial charge in [0.25, 0.3) is 0 Å². The number of nitrogens with zero attached hydrogens (tertiary/aromatic N) is 1. The Kier molecular flexibility index (Phi) is 6.20. The highest BCUT2D eigenvalue weighted by molar-refractivity contribution is 7.98. The number of hydrogen-bond acceptors (Lipinski definition) is 4. The Morgan fingerprint density at radius 3 is 2.79 bits per heavy atom. The Morgan fingerprint density at radius 1 is 1.53 bits per heavy atom. The SMILES string of the molecule is CSCCC(NC(N)=O)C(=O)NC(C)c1ncc[nH]1. The largest absolute Gasteiger partial charge is 0.352 e. The van der Waals surface area contributed by atoms with E-state index in [1.54, 1.807) is 24.2 Å². The number of thioether (sulfide) groups is 1. The summed E-state index contributed by atoms with van der Waals surface area (Å²) in [5.74, 6) is 1.15. The molecule has 0 fully saturated rings. The minimum absolute atomic E-state index is 0.256. The summed E-state index contributed by atoms with van der Waals surface area (Å²) in [6.45, 7) is 1.81. The average molecular weight is 285 g/mol. The number of imidazole rings is 1. The van der Waals surface area contributed by atoms with Crippen molar-refractivity contribution in [3.05, 3.63) is 18.2 Å².